The van der Waals surface area contributed by atoms with E-state index in [9.17, 15) is 35.1 Å². The van der Waals surface area contributed by atoms with Crippen LogP contribution >= 0.6 is 0 Å². The predicted octanol–water partition coefficient (Wildman–Crippen LogP) is 2.01. The van der Waals surface area contributed by atoms with Gasteiger partial charge in [0.1, 0.15) is 54.0 Å². The minimum Gasteiger partial charge on any atom is -0.493 e. The minimum absolute atomic E-state index is 0.0280. The number of fused-ring (bicyclic) bond motifs is 6. The molecule has 6 aliphatic rings. The summed E-state index contributed by atoms with van der Waals surface area (Å²) in [6.45, 7) is 0.00276. The summed E-state index contributed by atoms with van der Waals surface area (Å²) in [5.74, 6) is 10.9. The smallest absolute Gasteiger partial charge is 0.317 e. The Morgan fingerprint density at radius 3 is 2.62 bits per heavy atom. The van der Waals surface area contributed by atoms with E-state index in [4.69, 9.17) is 44.6 Å². The molecule has 1 saturated heterocycles. The molecule has 2 aromatic heterocycles. The molecule has 0 amide bonds. The van der Waals surface area contributed by atoms with Crippen molar-refractivity contribution in [3.05, 3.63) is 101 Å². The molecular formula is C48H46N4O14. The van der Waals surface area contributed by atoms with Crippen molar-refractivity contribution in [1.29, 1.82) is 0 Å². The number of nitrogens with one attached hydrogen (secondary N) is 1. The zero-order valence-electron chi connectivity index (χ0n) is 35.4. The lowest BCUT2D eigenvalue weighted by molar-refractivity contribution is -0.324. The lowest BCUT2D eigenvalue weighted by Crippen LogP contribution is -2.72. The molecule has 6 aliphatic heterocycles. The first kappa shape index (κ1) is 43.2. The molecule has 18 heteroatoms. The third kappa shape index (κ3) is 7.15. The van der Waals surface area contributed by atoms with E-state index < -0.39 is 91.3 Å². The molecule has 3 aromatic carbocycles. The van der Waals surface area contributed by atoms with Crippen LogP contribution in [0.5, 0.6) is 28.7 Å². The van der Waals surface area contributed by atoms with Gasteiger partial charge in [-0.1, -0.05) is 60.1 Å². The number of aromatic amines is 1. The number of aromatic nitrogens is 2. The molecule has 6 bridgehead atoms. The fraction of sp³-hybridized carbons (Fsp3) is 0.375. The second-order valence-electron chi connectivity index (χ2n) is 16.8. The fourth-order valence-corrected chi connectivity index (χ4v) is 9.88. The zero-order valence-corrected chi connectivity index (χ0v) is 35.4. The maximum Gasteiger partial charge on any atom is 0.317 e. The number of carbonyl (C=O) groups is 2. The first-order valence-electron chi connectivity index (χ1n) is 21.4. The Bertz CT molecular complexity index is 2850. The van der Waals surface area contributed by atoms with Gasteiger partial charge in [-0.05, 0) is 17.7 Å². The van der Waals surface area contributed by atoms with Crippen molar-refractivity contribution < 1.29 is 68.3 Å². The number of aliphatic hydroxyl groups excluding tert-OH is 3. The van der Waals surface area contributed by atoms with Gasteiger partial charge in [0.2, 0.25) is 12.0 Å². The number of rotatable bonds is 10. The van der Waals surface area contributed by atoms with Crippen molar-refractivity contribution in [1.82, 2.24) is 9.55 Å². The molecule has 0 radical (unpaired) electrons. The van der Waals surface area contributed by atoms with Crippen LogP contribution in [0.3, 0.4) is 0 Å². The van der Waals surface area contributed by atoms with Gasteiger partial charge in [0, 0.05) is 59.9 Å². The Balaban J connectivity index is 1.19. The van der Waals surface area contributed by atoms with Crippen LogP contribution in [0.4, 0.5) is 0 Å². The van der Waals surface area contributed by atoms with Crippen LogP contribution in [0.15, 0.2) is 67.0 Å². The summed E-state index contributed by atoms with van der Waals surface area (Å²) in [6.07, 6.45) is -9.91. The van der Waals surface area contributed by atoms with Crippen LogP contribution in [0.2, 0.25) is 0 Å². The molecule has 10 atom stereocenters. The second-order valence-corrected chi connectivity index (χ2v) is 16.8. The van der Waals surface area contributed by atoms with Crippen molar-refractivity contribution in [2.24, 2.45) is 11.5 Å². The molecule has 66 heavy (non-hydrogen) atoms. The summed E-state index contributed by atoms with van der Waals surface area (Å²) < 4.78 is 46.4. The number of methoxy groups -OCH3 is 1. The topological polar surface area (TPSA) is 273 Å². The van der Waals surface area contributed by atoms with Gasteiger partial charge in [0.25, 0.3) is 0 Å². The molecule has 342 valence electrons. The number of nitrogens with two attached hydrogens (primary N) is 2. The van der Waals surface area contributed by atoms with Crippen molar-refractivity contribution in [2.75, 3.05) is 13.7 Å². The van der Waals surface area contributed by atoms with Gasteiger partial charge >= 0.3 is 11.9 Å². The van der Waals surface area contributed by atoms with Gasteiger partial charge < -0.3 is 79.7 Å². The van der Waals surface area contributed by atoms with E-state index in [-0.39, 0.29) is 31.1 Å². The first-order chi connectivity index (χ1) is 31.9. The molecule has 18 nitrogen and oxygen atoms in total. The van der Waals surface area contributed by atoms with E-state index in [1.54, 1.807) is 19.4 Å². The van der Waals surface area contributed by atoms with Crippen molar-refractivity contribution >= 4 is 22.8 Å². The Kier molecular flexibility index (Phi) is 11.1. The molecule has 5 aromatic rings. The number of carboxylic acids is 1. The summed E-state index contributed by atoms with van der Waals surface area (Å²) in [5.41, 5.74) is 14.0. The second kappa shape index (κ2) is 16.9. The molecule has 0 saturated carbocycles. The SMILES string of the molecule is COc1ccc2c3c1OCCC#C[C@H](c1ccccc1)[C@H]1Oc4cc5c(c(Cn6cc7cc[nH]c7c6CO)c4[C@H](O3)[C@H]21)C#CC[C@]1(O)[C@H](O)[C@@H](O)[C@H](O5)O[C@@H]1[C@H](OC(=O)CC(=O)O)C(N)N. The van der Waals surface area contributed by atoms with Gasteiger partial charge in [-0.25, -0.2) is 0 Å². The highest BCUT2D eigenvalue weighted by Gasteiger charge is 2.60. The van der Waals surface area contributed by atoms with Crippen LogP contribution < -0.4 is 35.2 Å². The number of ether oxygens (including phenoxy) is 7. The number of benzene rings is 3. The lowest BCUT2D eigenvalue weighted by atomic mass is 9.75. The Labute approximate surface area is 376 Å². The normalized spacial score (nSPS) is 27.2. The quantitative estimate of drug-likeness (QED) is 0.0431. The number of hydrogen-bond acceptors (Lipinski definition) is 15. The predicted molar refractivity (Wildman–Crippen MR) is 230 cm³/mol. The van der Waals surface area contributed by atoms with E-state index in [1.165, 1.54) is 0 Å². The maximum atomic E-state index is 12.7. The maximum absolute atomic E-state index is 12.7. The lowest BCUT2D eigenvalue weighted by Gasteiger charge is -2.50. The van der Waals surface area contributed by atoms with Crippen molar-refractivity contribution in [3.63, 3.8) is 0 Å². The standard InChI is InChI=1S/C48H46N4O14/c1-60-30-13-12-27-36-39-25(23-8-3-2-4-9-23)10-5-6-17-61-41(30)40(27)65-42(36)35-28(21-52-20-24-14-16-51-37(24)29(52)22-53)26-11-7-15-48(59)44(58)38(57)47(63-31(26)18-32(35)62-39)66-45(48)43(46(49)50)64-34(56)19-33(54)55/h2-4,8-9,12-14,16,18,20,25,36,38-39,42-47,51,53,57-59H,6,15,17,19,21-22,49-50H2,1H3,(H,54,55)/t25-,36-,38-,39-,42+,43+,44-,45-,47-,48+/m1/s1. The third-order valence-electron chi connectivity index (χ3n) is 12.9. The molecule has 8 heterocycles. The summed E-state index contributed by atoms with van der Waals surface area (Å²) in [7, 11) is 1.55. The number of hydrogen-bond donors (Lipinski definition) is 8. The first-order valence-corrected chi connectivity index (χ1v) is 21.4. The third-order valence-corrected chi connectivity index (χ3v) is 12.9. The Morgan fingerprint density at radius 2 is 1.86 bits per heavy atom. The van der Waals surface area contributed by atoms with E-state index in [2.05, 4.69) is 28.7 Å². The van der Waals surface area contributed by atoms with Gasteiger partial charge in [0.05, 0.1) is 55.1 Å². The molecule has 11 rings (SSSR count). The minimum atomic E-state index is -2.50. The highest BCUT2D eigenvalue weighted by Crippen LogP contribution is 2.61. The Hall–Kier alpha value is -6.74. The molecular weight excluding hydrogens is 857 g/mol. The molecule has 10 N–H and O–H groups in total. The van der Waals surface area contributed by atoms with Crippen molar-refractivity contribution in [2.45, 2.75) is 98.9 Å². The Morgan fingerprint density at radius 1 is 1.05 bits per heavy atom. The van der Waals surface area contributed by atoms with Gasteiger partial charge in [-0.2, -0.15) is 0 Å². The van der Waals surface area contributed by atoms with Crippen LogP contribution in [-0.2, 0) is 32.2 Å². The van der Waals surface area contributed by atoms with E-state index >= 15 is 0 Å². The number of esters is 1. The highest BCUT2D eigenvalue weighted by atomic mass is 16.7. The molecule has 0 unspecified atom stereocenters. The average molecular weight is 903 g/mol. The van der Waals surface area contributed by atoms with Crippen LogP contribution in [0.1, 0.15) is 70.7 Å². The summed E-state index contributed by atoms with van der Waals surface area (Å²) in [4.78, 5) is 27.2. The van der Waals surface area contributed by atoms with Crippen LogP contribution in [0.25, 0.3) is 10.9 Å². The van der Waals surface area contributed by atoms with E-state index in [0.29, 0.717) is 46.2 Å². The van der Waals surface area contributed by atoms with Crippen LogP contribution in [0, 0.1) is 23.7 Å². The molecule has 0 aliphatic carbocycles. The monoisotopic (exact) mass is 902 g/mol. The number of carbonyl (C=O) groups excluding carboxylic acids is 1. The number of nitrogens with zero attached hydrogens (tertiary/aromatic N) is 1. The average Bonchev–Trinajstić information content (AvgIpc) is 4.00. The number of aliphatic hydroxyl groups is 4. The zero-order chi connectivity index (χ0) is 46.0. The molecule has 1 fully saturated rings. The summed E-state index contributed by atoms with van der Waals surface area (Å²) in [5, 5.41) is 56.3. The fourth-order valence-electron chi connectivity index (χ4n) is 9.88. The summed E-state index contributed by atoms with van der Waals surface area (Å²) >= 11 is 0. The van der Waals surface area contributed by atoms with Gasteiger partial charge in [-0.15, -0.1) is 0 Å². The molecule has 0 spiro atoms. The highest BCUT2D eigenvalue weighted by molar-refractivity contribution is 5.90. The van der Waals surface area contributed by atoms with Crippen molar-refractivity contribution in [3.8, 4) is 52.4 Å². The van der Waals surface area contributed by atoms with Gasteiger partial charge in [0.15, 0.2) is 17.6 Å². The summed E-state index contributed by atoms with van der Waals surface area (Å²) in [6, 6.07) is 17.0. The number of H-pyrrole nitrogens is 1. The van der Waals surface area contributed by atoms with Crippen LogP contribution in [-0.4, -0.2) is 109 Å². The van der Waals surface area contributed by atoms with E-state index in [0.717, 1.165) is 22.0 Å². The number of carboxylic acid groups (broad SMARTS) is 1. The van der Waals surface area contributed by atoms with E-state index in [1.807, 2.05) is 59.3 Å². The largest absolute Gasteiger partial charge is 0.493 e. The van der Waals surface area contributed by atoms with Gasteiger partial charge in [-0.3, -0.25) is 9.59 Å². The number of aliphatic carboxylic acids is 1.